The number of amides is 2. The Morgan fingerprint density at radius 2 is 2.17 bits per heavy atom. The first kappa shape index (κ1) is 17.0. The number of carbonyl (C=O) groups excluding carboxylic acids is 2. The van der Waals surface area contributed by atoms with Crippen molar-refractivity contribution in [1.29, 1.82) is 0 Å². The largest absolute Gasteiger partial charge is 0.338 e. The van der Waals surface area contributed by atoms with Crippen LogP contribution in [-0.2, 0) is 16.1 Å². The first-order chi connectivity index (χ1) is 11.6. The molecule has 0 radical (unpaired) electrons. The minimum absolute atomic E-state index is 0.0270. The fourth-order valence-corrected chi connectivity index (χ4v) is 4.35. The molecule has 1 aromatic heterocycles. The normalized spacial score (nSPS) is 17.3. The first-order valence-corrected chi connectivity index (χ1v) is 9.75. The standard InChI is InChI=1S/C17H19N3O2S2/c1-11-16(23-2)24-17(18-11)19-15(22)13-8-14(21)20(10-13)9-12-6-4-3-5-7-12/h3-7,13H,8-10H2,1-2H3,(H,18,19,22). The Balaban J connectivity index is 1.61. The number of benzene rings is 1. The van der Waals surface area contributed by atoms with Gasteiger partial charge >= 0.3 is 0 Å². The second-order valence-corrected chi connectivity index (χ2v) is 7.82. The molecule has 7 heteroatoms. The van der Waals surface area contributed by atoms with Crippen LogP contribution in [0.1, 0.15) is 17.7 Å². The van der Waals surface area contributed by atoms with Crippen LogP contribution in [0.2, 0.25) is 0 Å². The van der Waals surface area contributed by atoms with Crippen LogP contribution in [0.5, 0.6) is 0 Å². The van der Waals surface area contributed by atoms with E-state index in [1.807, 2.05) is 43.5 Å². The van der Waals surface area contributed by atoms with Gasteiger partial charge in [-0.25, -0.2) is 4.98 Å². The van der Waals surface area contributed by atoms with Crippen molar-refractivity contribution in [1.82, 2.24) is 9.88 Å². The van der Waals surface area contributed by atoms with Gasteiger partial charge in [-0.15, -0.1) is 11.8 Å². The van der Waals surface area contributed by atoms with Crippen molar-refractivity contribution in [2.24, 2.45) is 5.92 Å². The average Bonchev–Trinajstić information content (AvgIpc) is 3.11. The van der Waals surface area contributed by atoms with Crippen LogP contribution in [0.25, 0.3) is 0 Å². The topological polar surface area (TPSA) is 62.3 Å². The quantitative estimate of drug-likeness (QED) is 0.831. The van der Waals surface area contributed by atoms with Crippen molar-refractivity contribution in [3.8, 4) is 0 Å². The summed E-state index contributed by atoms with van der Waals surface area (Å²) in [4.78, 5) is 30.7. The predicted octanol–water partition coefficient (Wildman–Crippen LogP) is 3.16. The van der Waals surface area contributed by atoms with Crippen molar-refractivity contribution >= 4 is 40.0 Å². The second-order valence-electron chi connectivity index (χ2n) is 5.75. The van der Waals surface area contributed by atoms with E-state index in [9.17, 15) is 9.59 Å². The van der Waals surface area contributed by atoms with Gasteiger partial charge in [-0.1, -0.05) is 41.7 Å². The van der Waals surface area contributed by atoms with Gasteiger partial charge in [0, 0.05) is 19.5 Å². The molecule has 2 amide bonds. The van der Waals surface area contributed by atoms with Gasteiger partial charge in [0.05, 0.1) is 15.8 Å². The maximum Gasteiger partial charge on any atom is 0.231 e. The minimum Gasteiger partial charge on any atom is -0.338 e. The number of aryl methyl sites for hydroxylation is 1. The van der Waals surface area contributed by atoms with Gasteiger partial charge in [0.1, 0.15) is 0 Å². The number of aromatic nitrogens is 1. The Morgan fingerprint density at radius 3 is 2.83 bits per heavy atom. The Hall–Kier alpha value is -1.86. The van der Waals surface area contributed by atoms with Crippen molar-refractivity contribution in [3.63, 3.8) is 0 Å². The van der Waals surface area contributed by atoms with Crippen LogP contribution in [0.4, 0.5) is 5.13 Å². The molecular weight excluding hydrogens is 342 g/mol. The molecule has 5 nitrogen and oxygen atoms in total. The Kier molecular flexibility index (Phi) is 5.20. The molecular formula is C17H19N3O2S2. The Bertz CT molecular complexity index is 746. The fraction of sp³-hybridized carbons (Fsp3) is 0.353. The number of anilines is 1. The first-order valence-electron chi connectivity index (χ1n) is 7.71. The lowest BCUT2D eigenvalue weighted by Gasteiger charge is -2.16. The van der Waals surface area contributed by atoms with Gasteiger partial charge in [-0.3, -0.25) is 9.59 Å². The number of hydrogen-bond donors (Lipinski definition) is 1. The number of rotatable bonds is 5. The van der Waals surface area contributed by atoms with Gasteiger partial charge in [0.25, 0.3) is 0 Å². The predicted molar refractivity (Wildman–Crippen MR) is 97.2 cm³/mol. The van der Waals surface area contributed by atoms with E-state index in [1.54, 1.807) is 16.7 Å². The van der Waals surface area contributed by atoms with E-state index >= 15 is 0 Å². The molecule has 1 atom stereocenters. The average molecular weight is 361 g/mol. The summed E-state index contributed by atoms with van der Waals surface area (Å²) in [6.07, 6.45) is 2.25. The lowest BCUT2D eigenvalue weighted by molar-refractivity contribution is -0.128. The summed E-state index contributed by atoms with van der Waals surface area (Å²) < 4.78 is 1.10. The maximum absolute atomic E-state index is 12.4. The van der Waals surface area contributed by atoms with Crippen LogP contribution < -0.4 is 5.32 Å². The minimum atomic E-state index is -0.317. The third-order valence-corrected chi connectivity index (χ3v) is 6.25. The van der Waals surface area contributed by atoms with Crippen molar-refractivity contribution < 1.29 is 9.59 Å². The molecule has 0 spiro atoms. The number of nitrogens with one attached hydrogen (secondary N) is 1. The van der Waals surface area contributed by atoms with Gasteiger partial charge in [-0.05, 0) is 18.7 Å². The number of likely N-dealkylation sites (tertiary alicyclic amines) is 1. The third-order valence-electron chi connectivity index (χ3n) is 3.97. The number of carbonyl (C=O) groups is 2. The zero-order valence-electron chi connectivity index (χ0n) is 13.6. The molecule has 1 unspecified atom stereocenters. The van der Waals surface area contributed by atoms with Crippen LogP contribution >= 0.6 is 23.1 Å². The summed E-state index contributed by atoms with van der Waals surface area (Å²) in [5.74, 6) is -0.414. The highest BCUT2D eigenvalue weighted by atomic mass is 32.2. The monoisotopic (exact) mass is 361 g/mol. The molecule has 1 N–H and O–H groups in total. The zero-order chi connectivity index (χ0) is 17.1. The number of nitrogens with zero attached hydrogens (tertiary/aromatic N) is 2. The molecule has 3 rings (SSSR count). The summed E-state index contributed by atoms with van der Waals surface area (Å²) >= 11 is 3.09. The third kappa shape index (κ3) is 3.79. The van der Waals surface area contributed by atoms with E-state index in [1.165, 1.54) is 11.3 Å². The lowest BCUT2D eigenvalue weighted by atomic mass is 10.1. The number of thiazole rings is 1. The van der Waals surface area contributed by atoms with E-state index in [2.05, 4.69) is 10.3 Å². The van der Waals surface area contributed by atoms with Crippen LogP contribution in [0.15, 0.2) is 34.5 Å². The molecule has 1 aromatic carbocycles. The molecule has 1 aliphatic rings. The van der Waals surface area contributed by atoms with Crippen molar-refractivity contribution in [2.75, 3.05) is 18.1 Å². The van der Waals surface area contributed by atoms with Crippen LogP contribution in [-0.4, -0.2) is 34.5 Å². The van der Waals surface area contributed by atoms with Crippen LogP contribution in [0, 0.1) is 12.8 Å². The summed E-state index contributed by atoms with van der Waals surface area (Å²) in [6.45, 7) is 2.94. The molecule has 0 bridgehead atoms. The van der Waals surface area contributed by atoms with Gasteiger partial charge in [-0.2, -0.15) is 0 Å². The number of thioether (sulfide) groups is 1. The molecule has 1 fully saturated rings. The van der Waals surface area contributed by atoms with E-state index in [0.29, 0.717) is 18.2 Å². The highest BCUT2D eigenvalue weighted by Crippen LogP contribution is 2.31. The lowest BCUT2D eigenvalue weighted by Crippen LogP contribution is -2.28. The van der Waals surface area contributed by atoms with E-state index in [-0.39, 0.29) is 24.2 Å². The Labute approximate surface area is 149 Å². The van der Waals surface area contributed by atoms with Gasteiger partial charge < -0.3 is 10.2 Å². The fourth-order valence-electron chi connectivity index (χ4n) is 2.74. The highest BCUT2D eigenvalue weighted by molar-refractivity contribution is 8.00. The molecule has 2 heterocycles. The number of hydrogen-bond acceptors (Lipinski definition) is 5. The molecule has 2 aromatic rings. The maximum atomic E-state index is 12.4. The van der Waals surface area contributed by atoms with Gasteiger partial charge in [0.15, 0.2) is 5.13 Å². The molecule has 1 aliphatic heterocycles. The van der Waals surface area contributed by atoms with E-state index in [0.717, 1.165) is 15.5 Å². The van der Waals surface area contributed by atoms with Gasteiger partial charge in [0.2, 0.25) is 11.8 Å². The second kappa shape index (κ2) is 7.36. The highest BCUT2D eigenvalue weighted by Gasteiger charge is 2.34. The smallest absolute Gasteiger partial charge is 0.231 e. The molecule has 126 valence electrons. The molecule has 1 saturated heterocycles. The molecule has 0 saturated carbocycles. The summed E-state index contributed by atoms with van der Waals surface area (Å²) in [6, 6.07) is 9.83. The van der Waals surface area contributed by atoms with Crippen molar-refractivity contribution in [2.45, 2.75) is 24.1 Å². The summed E-state index contributed by atoms with van der Waals surface area (Å²) in [5.41, 5.74) is 2.00. The van der Waals surface area contributed by atoms with E-state index < -0.39 is 0 Å². The summed E-state index contributed by atoms with van der Waals surface area (Å²) in [5, 5.41) is 3.47. The van der Waals surface area contributed by atoms with Crippen LogP contribution in [0.3, 0.4) is 0 Å². The Morgan fingerprint density at radius 1 is 1.42 bits per heavy atom. The van der Waals surface area contributed by atoms with E-state index in [4.69, 9.17) is 0 Å². The molecule has 24 heavy (non-hydrogen) atoms. The van der Waals surface area contributed by atoms with Crippen molar-refractivity contribution in [3.05, 3.63) is 41.6 Å². The summed E-state index contributed by atoms with van der Waals surface area (Å²) in [7, 11) is 0. The SMILES string of the molecule is CSc1sc(NC(=O)C2CC(=O)N(Cc3ccccc3)C2)nc1C. The zero-order valence-corrected chi connectivity index (χ0v) is 15.2. The molecule has 0 aliphatic carbocycles.